The summed E-state index contributed by atoms with van der Waals surface area (Å²) < 4.78 is 15.3. The summed E-state index contributed by atoms with van der Waals surface area (Å²) in [5.74, 6) is 0.168. The molecule has 3 aromatic rings. The van der Waals surface area contributed by atoms with Crippen LogP contribution in [0.15, 0.2) is 48.8 Å². The third-order valence-corrected chi connectivity index (χ3v) is 4.01. The fourth-order valence-electron chi connectivity index (χ4n) is 2.81. The number of benzene rings is 1. The van der Waals surface area contributed by atoms with Crippen LogP contribution in [-0.4, -0.2) is 25.1 Å². The zero-order valence-corrected chi connectivity index (χ0v) is 15.4. The van der Waals surface area contributed by atoms with Crippen LogP contribution in [-0.2, 0) is 6.54 Å². The van der Waals surface area contributed by atoms with E-state index in [0.29, 0.717) is 18.1 Å². The van der Waals surface area contributed by atoms with Crippen molar-refractivity contribution < 1.29 is 4.39 Å². The number of thiocarbonyl (C=S) groups is 1. The van der Waals surface area contributed by atoms with E-state index in [-0.39, 0.29) is 10.8 Å². The molecule has 134 valence electrons. The van der Waals surface area contributed by atoms with Crippen molar-refractivity contribution in [2.75, 3.05) is 0 Å². The molecule has 0 saturated heterocycles. The molecule has 1 aromatic carbocycles. The van der Waals surface area contributed by atoms with Gasteiger partial charge in [-0.2, -0.15) is 0 Å². The van der Waals surface area contributed by atoms with Crippen LogP contribution >= 0.6 is 12.2 Å². The second-order valence-electron chi connectivity index (χ2n) is 6.81. The summed E-state index contributed by atoms with van der Waals surface area (Å²) in [7, 11) is 0. The topological polar surface area (TPSA) is 82.8 Å². The lowest BCUT2D eigenvalue weighted by Gasteiger charge is -2.22. The van der Waals surface area contributed by atoms with Gasteiger partial charge >= 0.3 is 0 Å². The first kappa shape index (κ1) is 18.2. The Kier molecular flexibility index (Phi) is 4.84. The van der Waals surface area contributed by atoms with Gasteiger partial charge in [-0.3, -0.25) is 4.98 Å². The van der Waals surface area contributed by atoms with Gasteiger partial charge in [-0.1, -0.05) is 12.2 Å². The van der Waals surface area contributed by atoms with Gasteiger partial charge in [0.25, 0.3) is 0 Å². The van der Waals surface area contributed by atoms with Gasteiger partial charge in [-0.05, 0) is 50.2 Å². The number of pyridine rings is 1. The molecular formula is C19H20FN5S. The highest BCUT2D eigenvalue weighted by Gasteiger charge is 2.24. The third kappa shape index (κ3) is 3.79. The van der Waals surface area contributed by atoms with Crippen molar-refractivity contribution in [1.29, 1.82) is 0 Å². The Balaban J connectivity index is 2.31. The molecule has 0 aliphatic heterocycles. The fraction of sp³-hybridized carbons (Fsp3) is 0.211. The Morgan fingerprint density at radius 3 is 2.27 bits per heavy atom. The maximum absolute atomic E-state index is 13.4. The lowest BCUT2D eigenvalue weighted by molar-refractivity contribution is 0.435. The van der Waals surface area contributed by atoms with Crippen molar-refractivity contribution in [3.8, 4) is 22.5 Å². The monoisotopic (exact) mass is 369 g/mol. The van der Waals surface area contributed by atoms with Crippen LogP contribution in [0.2, 0.25) is 0 Å². The van der Waals surface area contributed by atoms with Gasteiger partial charge in [-0.25, -0.2) is 9.37 Å². The van der Waals surface area contributed by atoms with Crippen LogP contribution in [0, 0.1) is 5.82 Å². The van der Waals surface area contributed by atoms with Crippen molar-refractivity contribution in [3.63, 3.8) is 0 Å². The van der Waals surface area contributed by atoms with Crippen molar-refractivity contribution >= 4 is 17.2 Å². The van der Waals surface area contributed by atoms with Crippen molar-refractivity contribution in [3.05, 3.63) is 60.4 Å². The summed E-state index contributed by atoms with van der Waals surface area (Å²) in [5, 5.41) is 0. The quantitative estimate of drug-likeness (QED) is 0.675. The Bertz CT molecular complexity index is 927. The molecule has 5 nitrogen and oxygen atoms in total. The van der Waals surface area contributed by atoms with E-state index in [0.717, 1.165) is 16.8 Å². The largest absolute Gasteiger partial charge is 0.387 e. The standard InChI is InChI=1S/C19H20FN5S/c1-19(2,22)11-25-16(13-7-9-23-10-8-13)15(24-18(25)17(21)26)12-3-5-14(20)6-4-12/h3-10H,11,22H2,1-2H3,(H2,21,26). The molecule has 26 heavy (non-hydrogen) atoms. The predicted molar refractivity (Wildman–Crippen MR) is 105 cm³/mol. The molecule has 2 heterocycles. The molecule has 0 saturated carbocycles. The highest BCUT2D eigenvalue weighted by molar-refractivity contribution is 7.80. The average molecular weight is 369 g/mol. The second-order valence-corrected chi connectivity index (χ2v) is 7.25. The van der Waals surface area contributed by atoms with Gasteiger partial charge in [0.1, 0.15) is 10.8 Å². The lowest BCUT2D eigenvalue weighted by atomic mass is 10.0. The van der Waals surface area contributed by atoms with Crippen LogP contribution in [0.3, 0.4) is 0 Å². The molecule has 0 fully saturated rings. The molecule has 0 atom stereocenters. The van der Waals surface area contributed by atoms with E-state index in [1.807, 2.05) is 30.5 Å². The van der Waals surface area contributed by atoms with Gasteiger partial charge in [-0.15, -0.1) is 0 Å². The van der Waals surface area contributed by atoms with E-state index >= 15 is 0 Å². The molecule has 0 amide bonds. The molecule has 0 unspecified atom stereocenters. The fourth-order valence-corrected chi connectivity index (χ4v) is 2.97. The highest BCUT2D eigenvalue weighted by atomic mass is 32.1. The highest BCUT2D eigenvalue weighted by Crippen LogP contribution is 2.33. The normalized spacial score (nSPS) is 11.5. The van der Waals surface area contributed by atoms with Crippen LogP contribution in [0.25, 0.3) is 22.5 Å². The minimum Gasteiger partial charge on any atom is -0.387 e. The van der Waals surface area contributed by atoms with Crippen LogP contribution in [0.5, 0.6) is 0 Å². The molecule has 0 spiro atoms. The molecule has 0 aliphatic carbocycles. The first-order valence-electron chi connectivity index (χ1n) is 8.12. The van der Waals surface area contributed by atoms with Gasteiger partial charge in [0.05, 0.1) is 11.4 Å². The van der Waals surface area contributed by atoms with Crippen LogP contribution < -0.4 is 11.5 Å². The lowest BCUT2D eigenvalue weighted by Crippen LogP contribution is -2.38. The van der Waals surface area contributed by atoms with Gasteiger partial charge in [0.2, 0.25) is 0 Å². The van der Waals surface area contributed by atoms with E-state index in [1.165, 1.54) is 12.1 Å². The Hall–Kier alpha value is -2.64. The molecule has 0 radical (unpaired) electrons. The summed E-state index contributed by atoms with van der Waals surface area (Å²) in [6.07, 6.45) is 3.41. The molecule has 2 aromatic heterocycles. The number of halogens is 1. The van der Waals surface area contributed by atoms with Crippen molar-refractivity contribution in [2.45, 2.75) is 25.9 Å². The summed E-state index contributed by atoms with van der Waals surface area (Å²) in [4.78, 5) is 8.92. The summed E-state index contributed by atoms with van der Waals surface area (Å²) in [5.41, 5.74) is 14.8. The summed E-state index contributed by atoms with van der Waals surface area (Å²) in [6.45, 7) is 4.31. The Morgan fingerprint density at radius 1 is 1.12 bits per heavy atom. The van der Waals surface area contributed by atoms with E-state index in [9.17, 15) is 4.39 Å². The van der Waals surface area contributed by atoms with Crippen molar-refractivity contribution in [2.24, 2.45) is 11.5 Å². The molecule has 0 aliphatic rings. The van der Waals surface area contributed by atoms with Crippen molar-refractivity contribution in [1.82, 2.24) is 14.5 Å². The SMILES string of the molecule is CC(C)(N)Cn1c(C(N)=S)nc(-c2ccc(F)cc2)c1-c1ccncc1. The molecule has 4 N–H and O–H groups in total. The number of imidazole rings is 1. The first-order valence-corrected chi connectivity index (χ1v) is 8.52. The summed E-state index contributed by atoms with van der Waals surface area (Å²) in [6, 6.07) is 9.93. The maximum atomic E-state index is 13.4. The molecule has 3 rings (SSSR count). The molecular weight excluding hydrogens is 349 g/mol. The van der Waals surface area contributed by atoms with Gasteiger partial charge in [0.15, 0.2) is 5.82 Å². The number of rotatable bonds is 5. The van der Waals surface area contributed by atoms with Gasteiger partial charge in [0, 0.05) is 35.6 Å². The van der Waals surface area contributed by atoms with Crippen LogP contribution in [0.1, 0.15) is 19.7 Å². The summed E-state index contributed by atoms with van der Waals surface area (Å²) >= 11 is 5.21. The number of nitrogens with zero attached hydrogens (tertiary/aromatic N) is 3. The number of hydrogen-bond acceptors (Lipinski definition) is 4. The second kappa shape index (κ2) is 6.93. The third-order valence-electron chi connectivity index (χ3n) is 3.83. The first-order chi connectivity index (χ1) is 12.3. The zero-order valence-electron chi connectivity index (χ0n) is 14.6. The Labute approximate surface area is 156 Å². The smallest absolute Gasteiger partial charge is 0.168 e. The minimum atomic E-state index is -0.512. The minimum absolute atomic E-state index is 0.179. The Morgan fingerprint density at radius 2 is 1.73 bits per heavy atom. The zero-order chi connectivity index (χ0) is 18.9. The maximum Gasteiger partial charge on any atom is 0.168 e. The number of aromatic nitrogens is 3. The van der Waals surface area contributed by atoms with E-state index < -0.39 is 5.54 Å². The number of hydrogen-bond donors (Lipinski definition) is 2. The molecule has 0 bridgehead atoms. The van der Waals surface area contributed by atoms with Gasteiger partial charge < -0.3 is 16.0 Å². The average Bonchev–Trinajstić information content (AvgIpc) is 2.94. The van der Waals surface area contributed by atoms with E-state index in [1.54, 1.807) is 24.5 Å². The number of nitrogens with two attached hydrogens (primary N) is 2. The van der Waals surface area contributed by atoms with E-state index in [4.69, 9.17) is 23.7 Å². The predicted octanol–water partition coefficient (Wildman–Crippen LogP) is 3.12. The molecule has 7 heteroatoms. The van der Waals surface area contributed by atoms with Crippen LogP contribution in [0.4, 0.5) is 4.39 Å². The van der Waals surface area contributed by atoms with E-state index in [2.05, 4.69) is 9.97 Å².